The lowest BCUT2D eigenvalue weighted by Crippen LogP contribution is -2.55. The lowest BCUT2D eigenvalue weighted by molar-refractivity contribution is -0.139. The highest BCUT2D eigenvalue weighted by atomic mass is 127. The van der Waals surface area contributed by atoms with Crippen LogP contribution in [-0.2, 0) is 14.3 Å². The third kappa shape index (κ3) is 6.40. The summed E-state index contributed by atoms with van der Waals surface area (Å²) >= 11 is 2.14. The Balaban J connectivity index is 2.36. The van der Waals surface area contributed by atoms with Crippen molar-refractivity contribution in [3.05, 3.63) is 39.5 Å². The lowest BCUT2D eigenvalue weighted by atomic mass is 9.88. The molecule has 166 valence electrons. The first-order valence-electron chi connectivity index (χ1n) is 9.90. The zero-order valence-corrected chi connectivity index (χ0v) is 19.4. The van der Waals surface area contributed by atoms with Crippen LogP contribution in [-0.4, -0.2) is 78.6 Å². The average molecular weight is 532 g/mol. The van der Waals surface area contributed by atoms with E-state index in [0.717, 1.165) is 3.57 Å². The summed E-state index contributed by atoms with van der Waals surface area (Å²) in [4.78, 5) is 26.7. The number of aliphatic hydroxyl groups is 2. The number of carbonyl (C=O) groups is 2. The predicted molar refractivity (Wildman–Crippen MR) is 120 cm³/mol. The second kappa shape index (κ2) is 12.2. The Morgan fingerprint density at radius 1 is 1.33 bits per heavy atom. The standard InChI is InChI=1S/C21H29IN2O6/c1-3-19(26)24(9-11-29-2)16-12-14(21(28)23-8-10-25)13-18(20(16)27)30-17-7-5-4-6-15(17)22/h4-7,13,16,18,20,25,27H,3,8-12H2,1-2H3,(H,23,28). The molecular formula is C21H29IN2O6. The highest BCUT2D eigenvalue weighted by Crippen LogP contribution is 2.29. The third-order valence-corrected chi connectivity index (χ3v) is 5.76. The molecule has 8 nitrogen and oxygen atoms in total. The fourth-order valence-corrected chi connectivity index (χ4v) is 3.85. The summed E-state index contributed by atoms with van der Waals surface area (Å²) in [6.07, 6.45) is 0.207. The molecule has 1 aromatic rings. The number of aliphatic hydroxyl groups excluding tert-OH is 2. The number of hydrogen-bond donors (Lipinski definition) is 3. The van der Waals surface area contributed by atoms with E-state index < -0.39 is 18.2 Å². The summed E-state index contributed by atoms with van der Waals surface area (Å²) in [6.45, 7) is 2.30. The van der Waals surface area contributed by atoms with E-state index >= 15 is 0 Å². The van der Waals surface area contributed by atoms with Crippen molar-refractivity contribution < 1.29 is 29.3 Å². The summed E-state index contributed by atoms with van der Waals surface area (Å²) < 4.78 is 12.0. The third-order valence-electron chi connectivity index (χ3n) is 4.87. The number of methoxy groups -OCH3 is 1. The van der Waals surface area contributed by atoms with Crippen molar-refractivity contribution >= 4 is 34.4 Å². The molecule has 0 radical (unpaired) electrons. The molecule has 1 aliphatic rings. The maximum atomic E-state index is 12.6. The first-order chi connectivity index (χ1) is 14.4. The van der Waals surface area contributed by atoms with Crippen LogP contribution < -0.4 is 10.1 Å². The van der Waals surface area contributed by atoms with E-state index in [1.54, 1.807) is 31.1 Å². The molecule has 3 atom stereocenters. The predicted octanol–water partition coefficient (Wildman–Crippen LogP) is 1.09. The van der Waals surface area contributed by atoms with Crippen molar-refractivity contribution in [3.8, 4) is 5.75 Å². The molecule has 0 saturated heterocycles. The maximum Gasteiger partial charge on any atom is 0.247 e. The van der Waals surface area contributed by atoms with Crippen LogP contribution in [0.15, 0.2) is 35.9 Å². The number of halogens is 1. The van der Waals surface area contributed by atoms with Crippen LogP contribution >= 0.6 is 22.6 Å². The van der Waals surface area contributed by atoms with Gasteiger partial charge in [-0.05, 0) is 40.8 Å². The molecular weight excluding hydrogens is 503 g/mol. The van der Waals surface area contributed by atoms with E-state index in [1.165, 1.54) is 0 Å². The van der Waals surface area contributed by atoms with Crippen molar-refractivity contribution in [2.24, 2.45) is 0 Å². The van der Waals surface area contributed by atoms with Crippen LogP contribution in [0.5, 0.6) is 5.75 Å². The number of ether oxygens (including phenoxy) is 2. The smallest absolute Gasteiger partial charge is 0.247 e. The van der Waals surface area contributed by atoms with Crippen LogP contribution in [0.3, 0.4) is 0 Å². The first-order valence-corrected chi connectivity index (χ1v) is 11.0. The number of carbonyl (C=O) groups excluding carboxylic acids is 2. The van der Waals surface area contributed by atoms with Gasteiger partial charge < -0.3 is 29.9 Å². The minimum atomic E-state index is -1.03. The molecule has 1 aliphatic carbocycles. The van der Waals surface area contributed by atoms with Gasteiger partial charge in [0.2, 0.25) is 11.8 Å². The number of rotatable bonds is 10. The topological polar surface area (TPSA) is 108 Å². The molecule has 0 aliphatic heterocycles. The van der Waals surface area contributed by atoms with Crippen LogP contribution in [0, 0.1) is 3.57 Å². The van der Waals surface area contributed by atoms with Crippen molar-refractivity contribution in [2.45, 2.75) is 38.0 Å². The van der Waals surface area contributed by atoms with Gasteiger partial charge in [-0.15, -0.1) is 0 Å². The number of nitrogens with zero attached hydrogens (tertiary/aromatic N) is 1. The Hall–Kier alpha value is -1.69. The summed E-state index contributed by atoms with van der Waals surface area (Å²) in [5.41, 5.74) is 0.404. The van der Waals surface area contributed by atoms with Crippen molar-refractivity contribution in [2.75, 3.05) is 33.4 Å². The van der Waals surface area contributed by atoms with E-state index in [9.17, 15) is 14.7 Å². The van der Waals surface area contributed by atoms with Gasteiger partial charge in [0.15, 0.2) is 0 Å². The van der Waals surface area contributed by atoms with Crippen LogP contribution in [0.1, 0.15) is 19.8 Å². The number of hydrogen-bond acceptors (Lipinski definition) is 6. The van der Waals surface area contributed by atoms with Gasteiger partial charge in [0.05, 0.1) is 22.8 Å². The molecule has 0 bridgehead atoms. The van der Waals surface area contributed by atoms with E-state index in [4.69, 9.17) is 14.6 Å². The van der Waals surface area contributed by atoms with Crippen molar-refractivity contribution in [3.63, 3.8) is 0 Å². The maximum absolute atomic E-state index is 12.6. The Morgan fingerprint density at radius 3 is 2.70 bits per heavy atom. The Kier molecular flexibility index (Phi) is 10.0. The van der Waals surface area contributed by atoms with Crippen molar-refractivity contribution in [1.82, 2.24) is 10.2 Å². The van der Waals surface area contributed by atoms with Crippen LogP contribution in [0.4, 0.5) is 0 Å². The molecule has 2 amide bonds. The summed E-state index contributed by atoms with van der Waals surface area (Å²) in [6, 6.07) is 6.74. The molecule has 9 heteroatoms. The fourth-order valence-electron chi connectivity index (χ4n) is 3.33. The fraction of sp³-hybridized carbons (Fsp3) is 0.524. The molecule has 0 aromatic heterocycles. The number of amides is 2. The number of para-hydroxylation sites is 1. The highest BCUT2D eigenvalue weighted by molar-refractivity contribution is 14.1. The first kappa shape index (κ1) is 24.6. The van der Waals surface area contributed by atoms with Gasteiger partial charge in [0, 0.05) is 38.6 Å². The molecule has 0 saturated carbocycles. The van der Waals surface area contributed by atoms with Gasteiger partial charge in [0.1, 0.15) is 18.0 Å². The highest BCUT2D eigenvalue weighted by Gasteiger charge is 2.40. The van der Waals surface area contributed by atoms with E-state index in [-0.39, 0.29) is 37.8 Å². The SMILES string of the molecule is CCC(=O)N(CCOC)C1CC(C(=O)NCCO)=CC(Oc2ccccc2I)C1O. The van der Waals surface area contributed by atoms with Crippen LogP contribution in [0.25, 0.3) is 0 Å². The summed E-state index contributed by atoms with van der Waals surface area (Å²) in [5, 5.41) is 22.7. The van der Waals surface area contributed by atoms with Gasteiger partial charge in [0.25, 0.3) is 0 Å². The average Bonchev–Trinajstić information content (AvgIpc) is 2.75. The van der Waals surface area contributed by atoms with Gasteiger partial charge >= 0.3 is 0 Å². The molecule has 1 aromatic carbocycles. The molecule has 0 heterocycles. The second-order valence-corrected chi connectivity index (χ2v) is 8.04. The van der Waals surface area contributed by atoms with Crippen molar-refractivity contribution in [1.29, 1.82) is 0 Å². The molecule has 30 heavy (non-hydrogen) atoms. The summed E-state index contributed by atoms with van der Waals surface area (Å²) in [5.74, 6) is 0.0912. The Bertz CT molecular complexity index is 757. The number of benzene rings is 1. The van der Waals surface area contributed by atoms with Gasteiger partial charge in [-0.2, -0.15) is 0 Å². The quantitative estimate of drug-likeness (QED) is 0.390. The molecule has 3 unspecified atom stereocenters. The van der Waals surface area contributed by atoms with E-state index in [1.807, 2.05) is 18.2 Å². The van der Waals surface area contributed by atoms with Gasteiger partial charge in [-0.25, -0.2) is 0 Å². The van der Waals surface area contributed by atoms with Gasteiger partial charge in [-0.3, -0.25) is 9.59 Å². The minimum absolute atomic E-state index is 0.118. The second-order valence-electron chi connectivity index (χ2n) is 6.88. The normalized spacial score (nSPS) is 21.0. The Labute approximate surface area is 190 Å². The molecule has 2 rings (SSSR count). The molecule has 0 spiro atoms. The van der Waals surface area contributed by atoms with E-state index in [0.29, 0.717) is 24.5 Å². The largest absolute Gasteiger partial charge is 0.482 e. The van der Waals surface area contributed by atoms with Crippen LogP contribution in [0.2, 0.25) is 0 Å². The summed E-state index contributed by atoms with van der Waals surface area (Å²) in [7, 11) is 1.54. The lowest BCUT2D eigenvalue weighted by Gasteiger charge is -2.40. The number of nitrogens with one attached hydrogen (secondary N) is 1. The monoisotopic (exact) mass is 532 g/mol. The zero-order valence-electron chi connectivity index (χ0n) is 17.2. The molecule has 3 N–H and O–H groups in total. The van der Waals surface area contributed by atoms with Gasteiger partial charge in [-0.1, -0.05) is 19.1 Å². The molecule has 0 fully saturated rings. The Morgan fingerprint density at radius 2 is 2.07 bits per heavy atom. The minimum Gasteiger partial charge on any atom is -0.482 e. The zero-order chi connectivity index (χ0) is 22.1. The van der Waals surface area contributed by atoms with E-state index in [2.05, 4.69) is 27.9 Å².